The Balaban J connectivity index is 1.92. The van der Waals surface area contributed by atoms with Crippen molar-refractivity contribution >= 4 is 17.2 Å². The summed E-state index contributed by atoms with van der Waals surface area (Å²) in [5.74, 6) is 1.07. The maximum Gasteiger partial charge on any atom is 0.263 e. The highest BCUT2D eigenvalue weighted by molar-refractivity contribution is 7.12. The summed E-state index contributed by atoms with van der Waals surface area (Å²) < 4.78 is 0. The third-order valence-electron chi connectivity index (χ3n) is 3.56. The molecule has 1 atom stereocenters. The molecule has 2 heterocycles. The Morgan fingerprint density at radius 1 is 1.47 bits per heavy atom. The molecule has 94 valence electrons. The quantitative estimate of drug-likeness (QED) is 0.800. The van der Waals surface area contributed by atoms with Crippen molar-refractivity contribution in [2.75, 3.05) is 13.1 Å². The lowest BCUT2D eigenvalue weighted by Crippen LogP contribution is -2.31. The molecule has 1 saturated heterocycles. The highest BCUT2D eigenvalue weighted by Crippen LogP contribution is 2.23. The van der Waals surface area contributed by atoms with Gasteiger partial charge in [0.2, 0.25) is 0 Å². The van der Waals surface area contributed by atoms with Crippen LogP contribution in [0.2, 0.25) is 0 Å². The van der Waals surface area contributed by atoms with Gasteiger partial charge in [-0.25, -0.2) is 0 Å². The summed E-state index contributed by atoms with van der Waals surface area (Å²) in [6.45, 7) is 4.14. The molecule has 0 aliphatic carbocycles. The van der Waals surface area contributed by atoms with Crippen LogP contribution in [0.25, 0.3) is 0 Å². The van der Waals surface area contributed by atoms with Gasteiger partial charge in [-0.1, -0.05) is 25.8 Å². The topological polar surface area (TPSA) is 20.3 Å². The molecular weight excluding hydrogens is 230 g/mol. The van der Waals surface area contributed by atoms with E-state index in [-0.39, 0.29) is 5.91 Å². The molecule has 1 aromatic heterocycles. The van der Waals surface area contributed by atoms with Crippen molar-refractivity contribution in [1.82, 2.24) is 4.90 Å². The molecule has 1 aliphatic rings. The number of thiophene rings is 1. The van der Waals surface area contributed by atoms with Crippen molar-refractivity contribution in [1.29, 1.82) is 0 Å². The minimum Gasteiger partial charge on any atom is -0.338 e. The van der Waals surface area contributed by atoms with Crippen LogP contribution in [0.3, 0.4) is 0 Å². The number of amides is 1. The second-order valence-electron chi connectivity index (χ2n) is 4.86. The summed E-state index contributed by atoms with van der Waals surface area (Å²) >= 11 is 1.55. The highest BCUT2D eigenvalue weighted by Gasteiger charge is 2.21. The average Bonchev–Trinajstić information content (AvgIpc) is 2.76. The van der Waals surface area contributed by atoms with E-state index in [0.717, 1.165) is 23.9 Å². The van der Waals surface area contributed by atoms with E-state index in [2.05, 4.69) is 6.92 Å². The van der Waals surface area contributed by atoms with Gasteiger partial charge in [-0.15, -0.1) is 11.3 Å². The zero-order chi connectivity index (χ0) is 12.1. The van der Waals surface area contributed by atoms with Crippen molar-refractivity contribution in [2.24, 2.45) is 5.92 Å². The van der Waals surface area contributed by atoms with Crippen LogP contribution in [0.1, 0.15) is 48.7 Å². The number of likely N-dealkylation sites (tertiary alicyclic amines) is 1. The molecule has 0 aromatic carbocycles. The van der Waals surface area contributed by atoms with E-state index >= 15 is 0 Å². The van der Waals surface area contributed by atoms with Crippen molar-refractivity contribution in [3.63, 3.8) is 0 Å². The molecule has 1 aromatic rings. The Morgan fingerprint density at radius 3 is 3.06 bits per heavy atom. The summed E-state index contributed by atoms with van der Waals surface area (Å²) in [6.07, 6.45) is 6.24. The van der Waals surface area contributed by atoms with E-state index < -0.39 is 0 Å². The van der Waals surface area contributed by atoms with Crippen LogP contribution >= 0.6 is 11.3 Å². The Hall–Kier alpha value is -0.830. The third kappa shape index (κ3) is 3.32. The molecular formula is C14H21NOS. The molecule has 17 heavy (non-hydrogen) atoms. The summed E-state index contributed by atoms with van der Waals surface area (Å²) in [6, 6.07) is 3.89. The fraction of sp³-hybridized carbons (Fsp3) is 0.643. The van der Waals surface area contributed by atoms with Gasteiger partial charge in [-0.2, -0.15) is 0 Å². The molecule has 0 spiro atoms. The first-order chi connectivity index (χ1) is 8.31. The number of nitrogens with zero attached hydrogens (tertiary/aromatic N) is 1. The number of carbonyl (C=O) groups excluding carboxylic acids is 1. The minimum atomic E-state index is 0.233. The second-order valence-corrected chi connectivity index (χ2v) is 5.80. The van der Waals surface area contributed by atoms with Crippen molar-refractivity contribution in [3.8, 4) is 0 Å². The SMILES string of the molecule is CCCC1CCCN(C(=O)c2cccs2)CC1. The van der Waals surface area contributed by atoms with Gasteiger partial charge in [0.15, 0.2) is 0 Å². The number of hydrogen-bond donors (Lipinski definition) is 0. The summed E-state index contributed by atoms with van der Waals surface area (Å²) in [5.41, 5.74) is 0. The van der Waals surface area contributed by atoms with E-state index in [9.17, 15) is 4.79 Å². The van der Waals surface area contributed by atoms with Crippen molar-refractivity contribution < 1.29 is 4.79 Å². The number of carbonyl (C=O) groups is 1. The largest absolute Gasteiger partial charge is 0.338 e. The van der Waals surface area contributed by atoms with E-state index in [1.165, 1.54) is 32.1 Å². The summed E-state index contributed by atoms with van der Waals surface area (Å²) in [7, 11) is 0. The smallest absolute Gasteiger partial charge is 0.263 e. The summed E-state index contributed by atoms with van der Waals surface area (Å²) in [4.78, 5) is 15.1. The Kier molecular flexibility index (Phi) is 4.60. The fourth-order valence-corrected chi connectivity index (χ4v) is 3.31. The van der Waals surface area contributed by atoms with Gasteiger partial charge >= 0.3 is 0 Å². The van der Waals surface area contributed by atoms with E-state index in [4.69, 9.17) is 0 Å². The van der Waals surface area contributed by atoms with Crippen LogP contribution < -0.4 is 0 Å². The van der Waals surface area contributed by atoms with E-state index in [1.54, 1.807) is 11.3 Å². The maximum absolute atomic E-state index is 12.2. The molecule has 1 aliphatic heterocycles. The average molecular weight is 251 g/mol. The van der Waals surface area contributed by atoms with Gasteiger partial charge in [0.05, 0.1) is 4.88 Å². The molecule has 1 unspecified atom stereocenters. The molecule has 0 bridgehead atoms. The molecule has 0 radical (unpaired) electrons. The molecule has 2 rings (SSSR count). The van der Waals surface area contributed by atoms with Crippen LogP contribution in [0.4, 0.5) is 0 Å². The van der Waals surface area contributed by atoms with Crippen molar-refractivity contribution in [3.05, 3.63) is 22.4 Å². The van der Waals surface area contributed by atoms with Crippen LogP contribution in [-0.2, 0) is 0 Å². The van der Waals surface area contributed by atoms with Gasteiger partial charge in [-0.3, -0.25) is 4.79 Å². The molecule has 0 N–H and O–H groups in total. The Labute approximate surface area is 108 Å². The Morgan fingerprint density at radius 2 is 2.35 bits per heavy atom. The van der Waals surface area contributed by atoms with Crippen LogP contribution in [0, 0.1) is 5.92 Å². The standard InChI is InChI=1S/C14H21NOS/c1-2-5-12-6-3-9-15(10-8-12)14(16)13-7-4-11-17-13/h4,7,11-12H,2-3,5-6,8-10H2,1H3. The van der Waals surface area contributed by atoms with Gasteiger partial charge in [0.1, 0.15) is 0 Å². The van der Waals surface area contributed by atoms with E-state index in [1.807, 2.05) is 22.4 Å². The predicted molar refractivity (Wildman–Crippen MR) is 72.5 cm³/mol. The predicted octanol–water partition coefficient (Wildman–Crippen LogP) is 3.79. The van der Waals surface area contributed by atoms with Crippen molar-refractivity contribution in [2.45, 2.75) is 39.0 Å². The molecule has 0 saturated carbocycles. The molecule has 2 nitrogen and oxygen atoms in total. The molecule has 3 heteroatoms. The normalized spacial score (nSPS) is 21.2. The van der Waals surface area contributed by atoms with Crippen LogP contribution in [-0.4, -0.2) is 23.9 Å². The molecule has 1 fully saturated rings. The van der Waals surface area contributed by atoms with Crippen LogP contribution in [0.15, 0.2) is 17.5 Å². The lowest BCUT2D eigenvalue weighted by atomic mass is 9.96. The lowest BCUT2D eigenvalue weighted by molar-refractivity contribution is 0.0764. The zero-order valence-electron chi connectivity index (χ0n) is 10.5. The maximum atomic E-state index is 12.2. The highest BCUT2D eigenvalue weighted by atomic mass is 32.1. The molecule has 1 amide bonds. The first-order valence-corrected chi connectivity index (χ1v) is 7.52. The third-order valence-corrected chi connectivity index (χ3v) is 4.42. The van der Waals surface area contributed by atoms with Gasteiger partial charge in [0, 0.05) is 13.1 Å². The number of hydrogen-bond acceptors (Lipinski definition) is 2. The second kappa shape index (κ2) is 6.20. The van der Waals surface area contributed by atoms with Gasteiger partial charge < -0.3 is 4.90 Å². The summed E-state index contributed by atoms with van der Waals surface area (Å²) in [5, 5.41) is 1.98. The van der Waals surface area contributed by atoms with Gasteiger partial charge in [0.25, 0.3) is 5.91 Å². The fourth-order valence-electron chi connectivity index (χ4n) is 2.62. The van der Waals surface area contributed by atoms with E-state index in [0.29, 0.717) is 0 Å². The number of rotatable bonds is 3. The first kappa shape index (κ1) is 12.6. The van der Waals surface area contributed by atoms with Gasteiger partial charge in [-0.05, 0) is 36.6 Å². The van der Waals surface area contributed by atoms with Crippen LogP contribution in [0.5, 0.6) is 0 Å². The zero-order valence-corrected chi connectivity index (χ0v) is 11.3. The Bertz CT molecular complexity index is 347. The first-order valence-electron chi connectivity index (χ1n) is 6.64. The monoisotopic (exact) mass is 251 g/mol. The lowest BCUT2D eigenvalue weighted by Gasteiger charge is -2.19. The minimum absolute atomic E-state index is 0.233.